The maximum Gasteiger partial charge on any atom is 0.243 e. The Morgan fingerprint density at radius 1 is 1.12 bits per heavy atom. The molecular formula is C25H40N6O. The molecule has 0 saturated carbocycles. The number of carbonyl (C=O) groups is 1. The van der Waals surface area contributed by atoms with Crippen LogP contribution in [-0.4, -0.2) is 50.0 Å². The third kappa shape index (κ3) is 6.61. The Hall–Kier alpha value is -2.28. The number of aromatic nitrogens is 4. The molecule has 1 amide bonds. The average Bonchev–Trinajstić information content (AvgIpc) is 3.35. The minimum atomic E-state index is -0.375. The Morgan fingerprint density at radius 3 is 2.59 bits per heavy atom. The molecule has 0 aliphatic carbocycles. The van der Waals surface area contributed by atoms with Crippen molar-refractivity contribution in [3.05, 3.63) is 36.2 Å². The lowest BCUT2D eigenvalue weighted by atomic mass is 9.98. The molecule has 32 heavy (non-hydrogen) atoms. The van der Waals surface area contributed by atoms with Crippen LogP contribution < -0.4 is 5.32 Å². The number of aryl methyl sites for hydroxylation is 1. The van der Waals surface area contributed by atoms with Crippen molar-refractivity contribution >= 4 is 5.91 Å². The molecule has 176 valence electrons. The van der Waals surface area contributed by atoms with Crippen LogP contribution in [0.3, 0.4) is 0 Å². The fourth-order valence-corrected chi connectivity index (χ4v) is 4.47. The second kappa shape index (κ2) is 12.7. The predicted octanol–water partition coefficient (Wildman–Crippen LogP) is 4.47. The zero-order valence-electron chi connectivity index (χ0n) is 20.1. The first-order valence-electron chi connectivity index (χ1n) is 12.5. The summed E-state index contributed by atoms with van der Waals surface area (Å²) in [7, 11) is 0. The number of amides is 1. The lowest BCUT2D eigenvalue weighted by Crippen LogP contribution is -2.44. The van der Waals surface area contributed by atoms with E-state index < -0.39 is 0 Å². The highest BCUT2D eigenvalue weighted by atomic mass is 16.2. The first kappa shape index (κ1) is 24.4. The van der Waals surface area contributed by atoms with Crippen LogP contribution in [-0.2, 0) is 11.2 Å². The van der Waals surface area contributed by atoms with Crippen molar-refractivity contribution < 1.29 is 4.79 Å². The van der Waals surface area contributed by atoms with E-state index in [1.54, 1.807) is 12.5 Å². The first-order valence-corrected chi connectivity index (χ1v) is 12.5. The number of unbranched alkanes of at least 4 members (excludes halogenated alkanes) is 1. The van der Waals surface area contributed by atoms with Gasteiger partial charge in [-0.1, -0.05) is 52.9 Å². The van der Waals surface area contributed by atoms with Crippen LogP contribution in [0.1, 0.15) is 89.6 Å². The van der Waals surface area contributed by atoms with E-state index in [-0.39, 0.29) is 11.9 Å². The molecule has 0 aromatic carbocycles. The second-order valence-corrected chi connectivity index (χ2v) is 8.96. The fourth-order valence-electron chi connectivity index (χ4n) is 4.47. The number of imidazole rings is 1. The average molecular weight is 441 g/mol. The number of piperidine rings is 1. The third-order valence-electron chi connectivity index (χ3n) is 6.42. The van der Waals surface area contributed by atoms with Crippen LogP contribution >= 0.6 is 0 Å². The second-order valence-electron chi connectivity index (χ2n) is 8.96. The molecule has 3 rings (SSSR count). The van der Waals surface area contributed by atoms with Crippen molar-refractivity contribution in [2.24, 2.45) is 5.92 Å². The molecule has 1 N–H and O–H groups in total. The molecule has 3 heterocycles. The van der Waals surface area contributed by atoms with Crippen molar-refractivity contribution in [3.63, 3.8) is 0 Å². The van der Waals surface area contributed by atoms with Gasteiger partial charge >= 0.3 is 0 Å². The van der Waals surface area contributed by atoms with Crippen molar-refractivity contribution in [3.8, 4) is 5.95 Å². The number of nitrogens with zero attached hydrogens (tertiary/aromatic N) is 5. The molecule has 2 aromatic heterocycles. The fraction of sp³-hybridized carbons (Fsp3) is 0.680. The molecule has 2 aromatic rings. The largest absolute Gasteiger partial charge is 0.354 e. The molecule has 0 radical (unpaired) electrons. The lowest BCUT2D eigenvalue weighted by molar-refractivity contribution is -0.127. The van der Waals surface area contributed by atoms with Crippen LogP contribution in [0.4, 0.5) is 0 Å². The standard InChI is InChI=1S/C25H40N6O/c1-4-7-12-20(6-3)18-27-24(32)23(30-14-9-8-10-15-30)22-17-21(11-5-2)28-25(29-22)31-16-13-26-19-31/h13,16-17,19-20,23H,4-12,14-15,18H2,1-3H3,(H,27,32). The Balaban J connectivity index is 1.88. The lowest BCUT2D eigenvalue weighted by Gasteiger charge is -2.33. The third-order valence-corrected chi connectivity index (χ3v) is 6.42. The van der Waals surface area contributed by atoms with Crippen molar-refractivity contribution in [2.45, 2.75) is 84.6 Å². The van der Waals surface area contributed by atoms with Gasteiger partial charge in [-0.05, 0) is 50.8 Å². The normalized spacial score (nSPS) is 16.6. The predicted molar refractivity (Wildman–Crippen MR) is 128 cm³/mol. The van der Waals surface area contributed by atoms with Crippen LogP contribution in [0.5, 0.6) is 0 Å². The van der Waals surface area contributed by atoms with Gasteiger partial charge in [-0.25, -0.2) is 15.0 Å². The maximum absolute atomic E-state index is 13.6. The van der Waals surface area contributed by atoms with E-state index in [1.165, 1.54) is 25.7 Å². The summed E-state index contributed by atoms with van der Waals surface area (Å²) in [5, 5.41) is 3.28. The van der Waals surface area contributed by atoms with Crippen LogP contribution in [0.2, 0.25) is 0 Å². The minimum absolute atomic E-state index is 0.0691. The Bertz CT molecular complexity index is 816. The zero-order chi connectivity index (χ0) is 22.8. The smallest absolute Gasteiger partial charge is 0.243 e. The highest BCUT2D eigenvalue weighted by Crippen LogP contribution is 2.25. The number of hydrogen-bond donors (Lipinski definition) is 1. The van der Waals surface area contributed by atoms with Gasteiger partial charge in [0.2, 0.25) is 11.9 Å². The summed E-state index contributed by atoms with van der Waals surface area (Å²) in [6.07, 6.45) is 15.3. The number of likely N-dealkylation sites (tertiary alicyclic amines) is 1. The maximum atomic E-state index is 13.6. The van der Waals surface area contributed by atoms with Gasteiger partial charge in [0.25, 0.3) is 0 Å². The van der Waals surface area contributed by atoms with Crippen molar-refractivity contribution in [2.75, 3.05) is 19.6 Å². The molecule has 7 heteroatoms. The van der Waals surface area contributed by atoms with Gasteiger partial charge in [-0.15, -0.1) is 0 Å². The summed E-state index contributed by atoms with van der Waals surface area (Å²) in [5.41, 5.74) is 1.78. The molecular weight excluding hydrogens is 400 g/mol. The van der Waals surface area contributed by atoms with Gasteiger partial charge in [0.1, 0.15) is 12.4 Å². The molecule has 2 unspecified atom stereocenters. The molecule has 0 spiro atoms. The van der Waals surface area contributed by atoms with Gasteiger partial charge in [0.05, 0.1) is 5.69 Å². The van der Waals surface area contributed by atoms with Gasteiger partial charge < -0.3 is 5.32 Å². The van der Waals surface area contributed by atoms with Crippen molar-refractivity contribution in [1.82, 2.24) is 29.7 Å². The van der Waals surface area contributed by atoms with E-state index >= 15 is 0 Å². The van der Waals surface area contributed by atoms with E-state index in [0.29, 0.717) is 11.9 Å². The number of hydrogen-bond acceptors (Lipinski definition) is 5. The van der Waals surface area contributed by atoms with Crippen LogP contribution in [0, 0.1) is 5.92 Å². The summed E-state index contributed by atoms with van der Waals surface area (Å²) >= 11 is 0. The van der Waals surface area contributed by atoms with E-state index in [0.717, 1.165) is 63.1 Å². The van der Waals surface area contributed by atoms with Gasteiger partial charge in [0.15, 0.2) is 0 Å². The SMILES string of the molecule is CCCCC(CC)CNC(=O)C(c1cc(CCC)nc(-n2ccnc2)n1)N1CCCCC1. The molecule has 0 bridgehead atoms. The Morgan fingerprint density at radius 2 is 1.94 bits per heavy atom. The monoisotopic (exact) mass is 440 g/mol. The number of carbonyl (C=O) groups excluding carboxylic acids is 1. The van der Waals surface area contributed by atoms with E-state index in [1.807, 2.05) is 16.8 Å². The van der Waals surface area contributed by atoms with Crippen molar-refractivity contribution in [1.29, 1.82) is 0 Å². The van der Waals surface area contributed by atoms with Gasteiger partial charge in [0, 0.05) is 24.6 Å². The zero-order valence-corrected chi connectivity index (χ0v) is 20.1. The quantitative estimate of drug-likeness (QED) is 0.527. The van der Waals surface area contributed by atoms with Gasteiger partial charge in [-0.3, -0.25) is 14.3 Å². The molecule has 7 nitrogen and oxygen atoms in total. The van der Waals surface area contributed by atoms with E-state index in [9.17, 15) is 4.79 Å². The molecule has 2 atom stereocenters. The topological polar surface area (TPSA) is 75.9 Å². The number of nitrogens with one attached hydrogen (secondary N) is 1. The molecule has 1 aliphatic heterocycles. The Labute approximate surface area is 193 Å². The van der Waals surface area contributed by atoms with E-state index in [4.69, 9.17) is 9.97 Å². The van der Waals surface area contributed by atoms with Crippen LogP contribution in [0.15, 0.2) is 24.8 Å². The summed E-state index contributed by atoms with van der Waals surface area (Å²) in [6.45, 7) is 9.18. The molecule has 1 fully saturated rings. The highest BCUT2D eigenvalue weighted by Gasteiger charge is 2.31. The van der Waals surface area contributed by atoms with Crippen LogP contribution in [0.25, 0.3) is 5.95 Å². The summed E-state index contributed by atoms with van der Waals surface area (Å²) in [5.74, 6) is 1.19. The number of rotatable bonds is 12. The molecule has 1 saturated heterocycles. The van der Waals surface area contributed by atoms with Gasteiger partial charge in [-0.2, -0.15) is 0 Å². The Kier molecular flexibility index (Phi) is 9.65. The molecule has 1 aliphatic rings. The first-order chi connectivity index (χ1) is 15.7. The summed E-state index contributed by atoms with van der Waals surface area (Å²) in [6, 6.07) is 1.66. The minimum Gasteiger partial charge on any atom is -0.354 e. The van der Waals surface area contributed by atoms with E-state index in [2.05, 4.69) is 36.0 Å². The highest BCUT2D eigenvalue weighted by molar-refractivity contribution is 5.82. The summed E-state index contributed by atoms with van der Waals surface area (Å²) in [4.78, 5) is 29.6. The summed E-state index contributed by atoms with van der Waals surface area (Å²) < 4.78 is 1.83.